The lowest BCUT2D eigenvalue weighted by atomic mass is 9.84. The average molecular weight is 436 g/mol. The highest BCUT2D eigenvalue weighted by Gasteiger charge is 2.50. The minimum atomic E-state index is -0.381. The summed E-state index contributed by atoms with van der Waals surface area (Å²) in [4.78, 5) is 39.9. The van der Waals surface area contributed by atoms with Gasteiger partial charge in [-0.1, -0.05) is 25.1 Å². The number of para-hydroxylation sites is 1. The molecule has 3 atom stereocenters. The zero-order chi connectivity index (χ0) is 22.7. The first-order valence-electron chi connectivity index (χ1n) is 11.0. The molecule has 3 amide bonds. The van der Waals surface area contributed by atoms with Crippen molar-refractivity contribution < 1.29 is 14.4 Å². The Kier molecular flexibility index (Phi) is 6.53. The van der Waals surface area contributed by atoms with Crippen molar-refractivity contribution in [2.75, 3.05) is 35.3 Å². The summed E-state index contributed by atoms with van der Waals surface area (Å²) in [6.45, 7) is 5.63. The van der Waals surface area contributed by atoms with Crippen LogP contribution in [0.25, 0.3) is 0 Å². The molecule has 4 rings (SSSR count). The molecule has 168 valence electrons. The van der Waals surface area contributed by atoms with Gasteiger partial charge in [0.15, 0.2) is 0 Å². The maximum Gasteiger partial charge on any atom is 0.247 e. The number of anilines is 3. The Hall–Kier alpha value is -3.23. The van der Waals surface area contributed by atoms with E-state index in [9.17, 15) is 14.4 Å². The molecule has 3 N–H and O–H groups in total. The molecule has 2 aromatic rings. The highest BCUT2D eigenvalue weighted by molar-refractivity contribution is 6.00. The van der Waals surface area contributed by atoms with Crippen molar-refractivity contribution in [1.82, 2.24) is 10.3 Å². The van der Waals surface area contributed by atoms with Gasteiger partial charge in [-0.3, -0.25) is 14.4 Å². The van der Waals surface area contributed by atoms with Crippen LogP contribution in [-0.2, 0) is 14.4 Å². The molecule has 2 aromatic carbocycles. The topological polar surface area (TPSA) is 93.8 Å². The van der Waals surface area contributed by atoms with Crippen LogP contribution in [0.15, 0.2) is 54.6 Å². The second kappa shape index (κ2) is 9.50. The first-order chi connectivity index (χ1) is 15.5. The van der Waals surface area contributed by atoms with Crippen LogP contribution in [0, 0.1) is 11.8 Å². The number of nitrogens with zero attached hydrogens (tertiary/aromatic N) is 2. The predicted octanol–water partition coefficient (Wildman–Crippen LogP) is 2.46. The lowest BCUT2D eigenvalue weighted by Gasteiger charge is -2.38. The monoisotopic (exact) mass is 435 g/mol. The van der Waals surface area contributed by atoms with Gasteiger partial charge in [0.25, 0.3) is 0 Å². The maximum absolute atomic E-state index is 13.3. The molecule has 2 aliphatic heterocycles. The fourth-order valence-electron chi connectivity index (χ4n) is 4.53. The number of fused-ring (bicyclic) bond motifs is 1. The number of rotatable bonds is 6. The molecular formula is C24H29N5O3. The van der Waals surface area contributed by atoms with Crippen LogP contribution < -0.4 is 21.1 Å². The van der Waals surface area contributed by atoms with E-state index in [4.69, 9.17) is 0 Å². The molecule has 2 aliphatic rings. The largest absolute Gasteiger partial charge is 0.326 e. The lowest BCUT2D eigenvalue weighted by Crippen LogP contribution is -2.56. The fourth-order valence-corrected chi connectivity index (χ4v) is 4.53. The lowest BCUT2D eigenvalue weighted by molar-refractivity contribution is -0.126. The fraction of sp³-hybridized carbons (Fsp3) is 0.375. The number of hydrogen-bond acceptors (Lipinski definition) is 5. The van der Waals surface area contributed by atoms with E-state index in [0.29, 0.717) is 24.5 Å². The Morgan fingerprint density at radius 2 is 1.66 bits per heavy atom. The quantitative estimate of drug-likeness (QED) is 0.648. The van der Waals surface area contributed by atoms with Gasteiger partial charge < -0.3 is 15.5 Å². The molecule has 0 radical (unpaired) electrons. The van der Waals surface area contributed by atoms with E-state index in [1.165, 1.54) is 6.92 Å². The summed E-state index contributed by atoms with van der Waals surface area (Å²) in [7, 11) is 0. The second-order valence-corrected chi connectivity index (χ2v) is 8.38. The number of amides is 3. The van der Waals surface area contributed by atoms with Crippen molar-refractivity contribution in [2.24, 2.45) is 11.8 Å². The van der Waals surface area contributed by atoms with Gasteiger partial charge in [-0.2, -0.15) is 0 Å². The molecular weight excluding hydrogens is 406 g/mol. The number of likely N-dealkylation sites (tertiary alicyclic amines) is 1. The van der Waals surface area contributed by atoms with Gasteiger partial charge in [-0.25, -0.2) is 10.4 Å². The van der Waals surface area contributed by atoms with E-state index in [0.717, 1.165) is 18.7 Å². The summed E-state index contributed by atoms with van der Waals surface area (Å²) in [5.74, 6) is -0.935. The van der Waals surface area contributed by atoms with Gasteiger partial charge in [-0.15, -0.1) is 0 Å². The minimum Gasteiger partial charge on any atom is -0.326 e. The normalized spacial score (nSPS) is 23.0. The smallest absolute Gasteiger partial charge is 0.247 e. The van der Waals surface area contributed by atoms with Gasteiger partial charge in [0.1, 0.15) is 0 Å². The van der Waals surface area contributed by atoms with Crippen LogP contribution in [0.3, 0.4) is 0 Å². The van der Waals surface area contributed by atoms with Crippen LogP contribution >= 0.6 is 0 Å². The van der Waals surface area contributed by atoms with E-state index in [-0.39, 0.29) is 35.6 Å². The molecule has 0 aromatic heterocycles. The Morgan fingerprint density at radius 3 is 2.28 bits per heavy atom. The van der Waals surface area contributed by atoms with Crippen LogP contribution in [0.4, 0.5) is 17.1 Å². The first kappa shape index (κ1) is 22.0. The SMILES string of the molecule is CCCN1CC(C(=O)Nc2ccc(NC(C)=O)cc2)C2NN(c3ccccc3)C(=O)C2C1. The number of hydrazine groups is 1. The molecule has 3 unspecified atom stereocenters. The number of carbonyl (C=O) groups is 3. The molecule has 2 fully saturated rings. The van der Waals surface area contributed by atoms with Gasteiger partial charge in [0, 0.05) is 31.4 Å². The number of carbonyl (C=O) groups excluding carboxylic acids is 3. The highest BCUT2D eigenvalue weighted by atomic mass is 16.2. The number of benzene rings is 2. The molecule has 0 bridgehead atoms. The molecule has 2 heterocycles. The van der Waals surface area contributed by atoms with E-state index >= 15 is 0 Å². The van der Waals surface area contributed by atoms with Crippen LogP contribution in [0.1, 0.15) is 20.3 Å². The predicted molar refractivity (Wildman–Crippen MR) is 124 cm³/mol. The average Bonchev–Trinajstić information content (AvgIpc) is 3.11. The molecule has 0 aliphatic carbocycles. The van der Waals surface area contributed by atoms with Crippen molar-refractivity contribution in [3.05, 3.63) is 54.6 Å². The van der Waals surface area contributed by atoms with Crippen molar-refractivity contribution in [3.8, 4) is 0 Å². The third-order valence-corrected chi connectivity index (χ3v) is 5.96. The van der Waals surface area contributed by atoms with Gasteiger partial charge in [0.2, 0.25) is 17.7 Å². The van der Waals surface area contributed by atoms with Crippen molar-refractivity contribution in [1.29, 1.82) is 0 Å². The van der Waals surface area contributed by atoms with Crippen molar-refractivity contribution in [2.45, 2.75) is 26.3 Å². The zero-order valence-electron chi connectivity index (χ0n) is 18.4. The molecule has 2 saturated heterocycles. The Labute approximate surface area is 187 Å². The van der Waals surface area contributed by atoms with Gasteiger partial charge in [0.05, 0.1) is 23.6 Å². The van der Waals surface area contributed by atoms with E-state index in [1.54, 1.807) is 29.3 Å². The van der Waals surface area contributed by atoms with E-state index in [1.807, 2.05) is 30.3 Å². The van der Waals surface area contributed by atoms with E-state index in [2.05, 4.69) is 27.9 Å². The summed E-state index contributed by atoms with van der Waals surface area (Å²) < 4.78 is 0. The molecule has 8 nitrogen and oxygen atoms in total. The third kappa shape index (κ3) is 4.66. The van der Waals surface area contributed by atoms with Gasteiger partial charge >= 0.3 is 0 Å². The van der Waals surface area contributed by atoms with Crippen LogP contribution in [-0.4, -0.2) is 48.3 Å². The molecule has 0 spiro atoms. The Balaban J connectivity index is 1.52. The third-order valence-electron chi connectivity index (χ3n) is 5.96. The Morgan fingerprint density at radius 1 is 1.00 bits per heavy atom. The Bertz CT molecular complexity index is 979. The molecule has 8 heteroatoms. The van der Waals surface area contributed by atoms with Crippen LogP contribution in [0.2, 0.25) is 0 Å². The summed E-state index contributed by atoms with van der Waals surface area (Å²) in [5, 5.41) is 7.29. The maximum atomic E-state index is 13.3. The summed E-state index contributed by atoms with van der Waals surface area (Å²) in [6, 6.07) is 16.2. The summed E-state index contributed by atoms with van der Waals surface area (Å²) >= 11 is 0. The minimum absolute atomic E-state index is 0.000497. The van der Waals surface area contributed by atoms with Crippen molar-refractivity contribution >= 4 is 34.8 Å². The number of hydrogen-bond donors (Lipinski definition) is 3. The van der Waals surface area contributed by atoms with Crippen LogP contribution in [0.5, 0.6) is 0 Å². The standard InChI is InChI=1S/C24H29N5O3/c1-3-13-28-14-20(23(31)26-18-11-9-17(10-12-18)25-16(2)30)22-21(15-28)24(32)29(27-22)19-7-5-4-6-8-19/h4-12,20-22,27H,3,13-15H2,1-2H3,(H,25,30)(H,26,31). The number of nitrogens with one attached hydrogen (secondary N) is 3. The number of piperidine rings is 1. The second-order valence-electron chi connectivity index (χ2n) is 8.38. The molecule has 32 heavy (non-hydrogen) atoms. The van der Waals surface area contributed by atoms with E-state index < -0.39 is 0 Å². The van der Waals surface area contributed by atoms with Crippen molar-refractivity contribution in [3.63, 3.8) is 0 Å². The zero-order valence-corrected chi connectivity index (χ0v) is 18.4. The van der Waals surface area contributed by atoms with Gasteiger partial charge in [-0.05, 0) is 49.4 Å². The highest BCUT2D eigenvalue weighted by Crippen LogP contribution is 2.32. The molecule has 0 saturated carbocycles. The first-order valence-corrected chi connectivity index (χ1v) is 11.0. The summed E-state index contributed by atoms with van der Waals surface area (Å²) in [5.41, 5.74) is 5.42. The summed E-state index contributed by atoms with van der Waals surface area (Å²) in [6.07, 6.45) is 0.959.